The van der Waals surface area contributed by atoms with Gasteiger partial charge < -0.3 is 28.4 Å². The van der Waals surface area contributed by atoms with E-state index >= 15 is 0 Å². The van der Waals surface area contributed by atoms with Crippen LogP contribution < -0.4 is 18.9 Å². The van der Waals surface area contributed by atoms with E-state index in [4.69, 9.17) is 16.7 Å². The quantitative estimate of drug-likeness (QED) is 0.248. The molecule has 2 heterocycles. The Morgan fingerprint density at radius 1 is 1.26 bits per heavy atom. The third-order valence-corrected chi connectivity index (χ3v) is 6.65. The number of unbranched alkanes of at least 4 members (excludes halogenated alkanes) is 1. The summed E-state index contributed by atoms with van der Waals surface area (Å²) in [5.74, 6) is 0.685. The summed E-state index contributed by atoms with van der Waals surface area (Å²) in [5, 5.41) is 9.33. The van der Waals surface area contributed by atoms with Gasteiger partial charge in [0.25, 0.3) is 0 Å². The topological polar surface area (TPSA) is 58.4 Å². The van der Waals surface area contributed by atoms with Crippen LogP contribution in [-0.2, 0) is 13.0 Å². The summed E-state index contributed by atoms with van der Waals surface area (Å²) in [6.45, 7) is 10.4. The number of benzene rings is 1. The van der Waals surface area contributed by atoms with Gasteiger partial charge in [-0.3, -0.25) is 9.78 Å². The fourth-order valence-electron chi connectivity index (χ4n) is 4.38. The predicted molar refractivity (Wildman–Crippen MR) is 134 cm³/mol. The molecule has 5 nitrogen and oxygen atoms in total. The van der Waals surface area contributed by atoms with Crippen LogP contribution in [0.25, 0.3) is 0 Å². The number of aliphatic hydroxyl groups excluding tert-OH is 1. The average Bonchev–Trinajstić information content (AvgIpc) is 3.43. The summed E-state index contributed by atoms with van der Waals surface area (Å²) < 4.78 is 1.75. The predicted octanol–water partition coefficient (Wildman–Crippen LogP) is 2.86. The molecule has 1 aliphatic heterocycles. The molecule has 2 aliphatic rings. The van der Waals surface area contributed by atoms with E-state index in [0.717, 1.165) is 42.5 Å². The number of carbonyl (C=O) groups excluding carboxylic acids is 1. The van der Waals surface area contributed by atoms with Crippen LogP contribution in [0.15, 0.2) is 42.6 Å². The first kappa shape index (κ1) is 28.6. The molecule has 1 saturated carbocycles. The molecule has 1 aromatic carbocycles. The maximum Gasteiger partial charge on any atom is 1.00 e. The second-order valence-corrected chi connectivity index (χ2v) is 9.05. The van der Waals surface area contributed by atoms with Gasteiger partial charge in [0.1, 0.15) is 0 Å². The molecular formula is C27H35ClLiN3O2-2. The molecule has 0 unspecified atom stereocenters. The van der Waals surface area contributed by atoms with Crippen molar-refractivity contribution in [1.82, 2.24) is 14.5 Å². The molecule has 7 heteroatoms. The number of rotatable bonds is 10. The Morgan fingerprint density at radius 2 is 2.03 bits per heavy atom. The van der Waals surface area contributed by atoms with Gasteiger partial charge in [-0.25, -0.2) is 12.2 Å². The smallest absolute Gasteiger partial charge is 0.458 e. The molecule has 1 N–H and O–H groups in total. The SMILES string of the molecule is O[CH-]/C=C/[C@@H]1CCCN1C1CC1.[CH2-]Cn1c(C(=O)CCCCc2ccccc2Cl)cnc1[CH2-].[Li+]. The number of nitrogens with zero attached hydrogens (tertiary/aromatic N) is 3. The number of halogens is 1. The first-order chi connectivity index (χ1) is 16.0. The third-order valence-electron chi connectivity index (χ3n) is 6.28. The number of Topliss-reactive ketones (excluding diaryl/α,β-unsaturated/α-hetero) is 1. The van der Waals surface area contributed by atoms with Crippen LogP contribution >= 0.6 is 11.6 Å². The molecule has 0 radical (unpaired) electrons. The molecule has 1 aliphatic carbocycles. The molecule has 0 amide bonds. The van der Waals surface area contributed by atoms with E-state index in [1.54, 1.807) is 16.8 Å². The molecule has 4 rings (SSSR count). The van der Waals surface area contributed by atoms with Gasteiger partial charge >= 0.3 is 18.9 Å². The van der Waals surface area contributed by atoms with Crippen LogP contribution in [-0.4, -0.2) is 44.0 Å². The third kappa shape index (κ3) is 8.25. The van der Waals surface area contributed by atoms with Gasteiger partial charge in [-0.1, -0.05) is 29.8 Å². The molecular weight excluding hydrogens is 441 g/mol. The van der Waals surface area contributed by atoms with Gasteiger partial charge in [0.2, 0.25) is 0 Å². The number of imidazole rings is 1. The van der Waals surface area contributed by atoms with Gasteiger partial charge in [0.05, 0.1) is 11.9 Å². The van der Waals surface area contributed by atoms with Crippen molar-refractivity contribution in [3.63, 3.8) is 0 Å². The summed E-state index contributed by atoms with van der Waals surface area (Å²) in [6.07, 6.45) is 14.0. The molecule has 0 spiro atoms. The van der Waals surface area contributed by atoms with Crippen LogP contribution in [0, 0.1) is 20.5 Å². The Morgan fingerprint density at radius 3 is 2.71 bits per heavy atom. The van der Waals surface area contributed by atoms with Crippen LogP contribution in [0.2, 0.25) is 5.02 Å². The van der Waals surface area contributed by atoms with E-state index in [1.807, 2.05) is 24.3 Å². The number of hydrogen-bond acceptors (Lipinski definition) is 4. The molecule has 2 aromatic rings. The van der Waals surface area contributed by atoms with Gasteiger partial charge in [0, 0.05) is 17.5 Å². The van der Waals surface area contributed by atoms with Crippen molar-refractivity contribution < 1.29 is 28.8 Å². The maximum absolute atomic E-state index is 12.2. The number of aryl methyl sites for hydroxylation is 1. The average molecular weight is 476 g/mol. The number of aromatic nitrogens is 2. The van der Waals surface area contributed by atoms with Crippen molar-refractivity contribution in [3.8, 4) is 0 Å². The van der Waals surface area contributed by atoms with Crippen molar-refractivity contribution >= 4 is 17.4 Å². The van der Waals surface area contributed by atoms with E-state index in [0.29, 0.717) is 30.5 Å². The minimum Gasteiger partial charge on any atom is -0.458 e. The summed E-state index contributed by atoms with van der Waals surface area (Å²) >= 11 is 6.11. The number of likely N-dealkylation sites (tertiary alicyclic amines) is 1. The van der Waals surface area contributed by atoms with Gasteiger partial charge in [-0.2, -0.15) is 0 Å². The van der Waals surface area contributed by atoms with Crippen LogP contribution in [0.4, 0.5) is 0 Å². The molecule has 180 valence electrons. The van der Waals surface area contributed by atoms with Crippen molar-refractivity contribution in [2.45, 2.75) is 70.0 Å². The minimum absolute atomic E-state index is 0. The Hall–Kier alpha value is -1.61. The van der Waals surface area contributed by atoms with Crippen molar-refractivity contribution in [3.05, 3.63) is 85.2 Å². The largest absolute Gasteiger partial charge is 1.00 e. The zero-order chi connectivity index (χ0) is 23.6. The number of ketones is 1. The Balaban J connectivity index is 0.000000266. The van der Waals surface area contributed by atoms with E-state index < -0.39 is 0 Å². The zero-order valence-electron chi connectivity index (χ0n) is 20.3. The molecule has 0 bridgehead atoms. The second-order valence-electron chi connectivity index (χ2n) is 8.65. The van der Waals surface area contributed by atoms with Gasteiger partial charge in [0.15, 0.2) is 5.78 Å². The van der Waals surface area contributed by atoms with Crippen LogP contribution in [0.1, 0.15) is 66.8 Å². The Kier molecular flexibility index (Phi) is 12.4. The zero-order valence-corrected chi connectivity index (χ0v) is 21.1. The molecule has 1 atom stereocenters. The summed E-state index contributed by atoms with van der Waals surface area (Å²) in [7, 11) is 0. The van der Waals surface area contributed by atoms with E-state index in [2.05, 4.69) is 29.8 Å². The van der Waals surface area contributed by atoms with E-state index in [1.165, 1.54) is 32.2 Å². The number of aliphatic hydroxyl groups is 1. The molecule has 34 heavy (non-hydrogen) atoms. The van der Waals surface area contributed by atoms with E-state index in [9.17, 15) is 4.79 Å². The van der Waals surface area contributed by atoms with Crippen molar-refractivity contribution in [2.24, 2.45) is 0 Å². The normalized spacial score (nSPS) is 17.8. The molecule has 2 fully saturated rings. The van der Waals surface area contributed by atoms with Gasteiger partial charge in [-0.15, -0.1) is 13.2 Å². The maximum atomic E-state index is 12.2. The van der Waals surface area contributed by atoms with Crippen LogP contribution in [0.5, 0.6) is 0 Å². The van der Waals surface area contributed by atoms with Crippen molar-refractivity contribution in [2.75, 3.05) is 6.54 Å². The standard InChI is InChI=1S/C17H19ClN2O.C10H16NO.Li/c1-3-20-13(2)19-12-16(20)17(21)11-7-5-9-14-8-4-6-10-15(14)18;12-8-2-4-9-3-1-7-11(9)10-5-6-10;/h4,6,8,10,12H,1-3,5,7,9,11H2;2,4,8-10,12H,1,3,5-7H2;/q-2;-1;+1/b;4-2+;/t;9-;/m.0./s1. The number of carbonyl (C=O) groups is 1. The van der Waals surface area contributed by atoms with Crippen molar-refractivity contribution in [1.29, 1.82) is 0 Å². The molecule has 1 saturated heterocycles. The first-order valence-electron chi connectivity index (χ1n) is 11.9. The summed E-state index contributed by atoms with van der Waals surface area (Å²) in [6, 6.07) is 9.28. The Bertz CT molecular complexity index is 926. The summed E-state index contributed by atoms with van der Waals surface area (Å²) in [5.41, 5.74) is 1.74. The second kappa shape index (κ2) is 14.7. The minimum atomic E-state index is 0. The fraction of sp³-hybridized carbons (Fsp3) is 0.444. The Labute approximate surface area is 221 Å². The monoisotopic (exact) mass is 475 g/mol. The molecule has 1 aromatic heterocycles. The van der Waals surface area contributed by atoms with Crippen LogP contribution in [0.3, 0.4) is 0 Å². The first-order valence-corrected chi connectivity index (χ1v) is 12.3. The van der Waals surface area contributed by atoms with Gasteiger partial charge in [-0.05, 0) is 75.0 Å². The summed E-state index contributed by atoms with van der Waals surface area (Å²) in [4.78, 5) is 18.8. The number of hydrogen-bond donors (Lipinski definition) is 1. The van der Waals surface area contributed by atoms with E-state index in [-0.39, 0.29) is 24.6 Å². The fourth-order valence-corrected chi connectivity index (χ4v) is 4.61.